The molecule has 1 fully saturated rings. The zero-order valence-electron chi connectivity index (χ0n) is 11.6. The summed E-state index contributed by atoms with van der Waals surface area (Å²) in [6.45, 7) is 1.66. The van der Waals surface area contributed by atoms with Gasteiger partial charge in [0.2, 0.25) is 0 Å². The summed E-state index contributed by atoms with van der Waals surface area (Å²) in [7, 11) is 0. The topological polar surface area (TPSA) is 84.3 Å². The van der Waals surface area contributed by atoms with Crippen molar-refractivity contribution in [1.29, 1.82) is 0 Å². The summed E-state index contributed by atoms with van der Waals surface area (Å²) in [6.07, 6.45) is 3.76. The number of halogens is 1. The van der Waals surface area contributed by atoms with Crippen molar-refractivity contribution in [3.05, 3.63) is 33.9 Å². The van der Waals surface area contributed by atoms with Crippen LogP contribution in [0.2, 0.25) is 0 Å². The standard InChI is InChI=1S/C13H17N3O3S.ClH/c1-20-10-4-5-12(16(18)19)11(7-10)13(17)15-9-3-2-6-14-8-9;/h4-5,7,9,14H,2-3,6,8H2,1H3,(H,15,17);1H. The Kier molecular flexibility index (Phi) is 6.94. The number of hydrogen-bond donors (Lipinski definition) is 2. The third kappa shape index (κ3) is 4.59. The Morgan fingerprint density at radius 1 is 1.52 bits per heavy atom. The minimum Gasteiger partial charge on any atom is -0.348 e. The number of nitrogens with one attached hydrogen (secondary N) is 2. The van der Waals surface area contributed by atoms with Gasteiger partial charge in [-0.1, -0.05) is 0 Å². The van der Waals surface area contributed by atoms with Crippen LogP contribution in [-0.2, 0) is 0 Å². The molecule has 1 aliphatic heterocycles. The molecule has 1 aromatic carbocycles. The summed E-state index contributed by atoms with van der Waals surface area (Å²) in [4.78, 5) is 23.6. The van der Waals surface area contributed by atoms with Gasteiger partial charge in [-0.25, -0.2) is 0 Å². The average Bonchev–Trinajstić information content (AvgIpc) is 2.47. The Bertz CT molecular complexity index is 521. The maximum Gasteiger partial charge on any atom is 0.282 e. The monoisotopic (exact) mass is 331 g/mol. The van der Waals surface area contributed by atoms with E-state index in [-0.39, 0.29) is 35.6 Å². The van der Waals surface area contributed by atoms with Gasteiger partial charge >= 0.3 is 0 Å². The Labute approximate surface area is 133 Å². The number of carbonyl (C=O) groups excluding carboxylic acids is 1. The third-order valence-corrected chi connectivity index (χ3v) is 4.00. The maximum atomic E-state index is 12.3. The molecule has 1 amide bonds. The molecule has 1 aromatic rings. The second-order valence-electron chi connectivity index (χ2n) is 4.66. The summed E-state index contributed by atoms with van der Waals surface area (Å²) in [5, 5.41) is 17.1. The molecule has 0 bridgehead atoms. The molecule has 2 N–H and O–H groups in total. The molecule has 21 heavy (non-hydrogen) atoms. The number of nitro groups is 1. The van der Waals surface area contributed by atoms with E-state index < -0.39 is 4.92 Å². The summed E-state index contributed by atoms with van der Waals surface area (Å²) >= 11 is 1.45. The molecule has 1 aliphatic rings. The molecule has 6 nitrogen and oxygen atoms in total. The molecule has 1 atom stereocenters. The highest BCUT2D eigenvalue weighted by atomic mass is 35.5. The quantitative estimate of drug-likeness (QED) is 0.502. The van der Waals surface area contributed by atoms with Crippen molar-refractivity contribution < 1.29 is 9.72 Å². The number of carbonyl (C=O) groups is 1. The van der Waals surface area contributed by atoms with Crippen LogP contribution in [0, 0.1) is 10.1 Å². The number of thioether (sulfide) groups is 1. The van der Waals surface area contributed by atoms with Crippen LogP contribution in [0.25, 0.3) is 0 Å². The minimum atomic E-state index is -0.516. The number of nitrogens with zero attached hydrogens (tertiary/aromatic N) is 1. The second-order valence-corrected chi connectivity index (χ2v) is 5.54. The largest absolute Gasteiger partial charge is 0.348 e. The molecule has 116 valence electrons. The van der Waals surface area contributed by atoms with Gasteiger partial charge in [-0.2, -0.15) is 0 Å². The molecule has 1 heterocycles. The van der Waals surface area contributed by atoms with Crippen molar-refractivity contribution in [3.63, 3.8) is 0 Å². The van der Waals surface area contributed by atoms with Gasteiger partial charge in [0.1, 0.15) is 5.56 Å². The first-order valence-corrected chi connectivity index (χ1v) is 7.68. The summed E-state index contributed by atoms with van der Waals surface area (Å²) in [6, 6.07) is 4.66. The summed E-state index contributed by atoms with van der Waals surface area (Å²) in [5.74, 6) is -0.374. The highest BCUT2D eigenvalue weighted by molar-refractivity contribution is 7.98. The fourth-order valence-electron chi connectivity index (χ4n) is 2.22. The van der Waals surface area contributed by atoms with E-state index in [9.17, 15) is 14.9 Å². The van der Waals surface area contributed by atoms with E-state index in [1.54, 1.807) is 12.1 Å². The number of nitro benzene ring substituents is 1. The van der Waals surface area contributed by atoms with Gasteiger partial charge in [-0.3, -0.25) is 14.9 Å². The van der Waals surface area contributed by atoms with Gasteiger partial charge in [0, 0.05) is 23.5 Å². The molecule has 1 unspecified atom stereocenters. The van der Waals surface area contributed by atoms with Crippen LogP contribution < -0.4 is 10.6 Å². The fraction of sp³-hybridized carbons (Fsp3) is 0.462. The van der Waals surface area contributed by atoms with Crippen molar-refractivity contribution >= 4 is 35.8 Å². The highest BCUT2D eigenvalue weighted by Crippen LogP contribution is 2.25. The minimum absolute atomic E-state index is 0. The molecule has 2 rings (SSSR count). The zero-order valence-corrected chi connectivity index (χ0v) is 13.3. The van der Waals surface area contributed by atoms with Crippen molar-refractivity contribution in [1.82, 2.24) is 10.6 Å². The highest BCUT2D eigenvalue weighted by Gasteiger charge is 2.23. The van der Waals surface area contributed by atoms with E-state index in [1.807, 2.05) is 6.26 Å². The molecule has 1 saturated heterocycles. The fourth-order valence-corrected chi connectivity index (χ4v) is 2.66. The zero-order chi connectivity index (χ0) is 14.5. The summed E-state index contributed by atoms with van der Waals surface area (Å²) < 4.78 is 0. The third-order valence-electron chi connectivity index (χ3n) is 3.28. The van der Waals surface area contributed by atoms with Crippen LogP contribution in [0.1, 0.15) is 23.2 Å². The molecule has 0 saturated carbocycles. The summed E-state index contributed by atoms with van der Waals surface area (Å²) in [5.41, 5.74) is -0.0171. The molecular weight excluding hydrogens is 314 g/mol. The Morgan fingerprint density at radius 2 is 2.29 bits per heavy atom. The normalized spacial score (nSPS) is 17.7. The Balaban J connectivity index is 0.00000220. The van der Waals surface area contributed by atoms with E-state index in [0.29, 0.717) is 6.54 Å². The first kappa shape index (κ1) is 17.7. The van der Waals surface area contributed by atoms with Crippen molar-refractivity contribution in [2.75, 3.05) is 19.3 Å². The van der Waals surface area contributed by atoms with E-state index in [2.05, 4.69) is 10.6 Å². The first-order chi connectivity index (χ1) is 9.61. The molecule has 0 radical (unpaired) electrons. The lowest BCUT2D eigenvalue weighted by molar-refractivity contribution is -0.385. The lowest BCUT2D eigenvalue weighted by atomic mass is 10.1. The lowest BCUT2D eigenvalue weighted by Crippen LogP contribution is -2.45. The predicted molar refractivity (Wildman–Crippen MR) is 85.5 cm³/mol. The van der Waals surface area contributed by atoms with Gasteiger partial charge in [-0.05, 0) is 37.8 Å². The van der Waals surface area contributed by atoms with Crippen LogP contribution in [-0.4, -0.2) is 36.2 Å². The number of benzene rings is 1. The molecule has 8 heteroatoms. The van der Waals surface area contributed by atoms with Crippen molar-refractivity contribution in [2.24, 2.45) is 0 Å². The van der Waals surface area contributed by atoms with Crippen LogP contribution in [0.15, 0.2) is 23.1 Å². The van der Waals surface area contributed by atoms with Gasteiger partial charge < -0.3 is 10.6 Å². The lowest BCUT2D eigenvalue weighted by Gasteiger charge is -2.23. The van der Waals surface area contributed by atoms with Crippen molar-refractivity contribution in [3.8, 4) is 0 Å². The van der Waals surface area contributed by atoms with Gasteiger partial charge in [0.25, 0.3) is 11.6 Å². The van der Waals surface area contributed by atoms with Gasteiger partial charge in [-0.15, -0.1) is 24.2 Å². The van der Waals surface area contributed by atoms with Crippen LogP contribution >= 0.6 is 24.2 Å². The van der Waals surface area contributed by atoms with E-state index in [1.165, 1.54) is 17.8 Å². The first-order valence-electron chi connectivity index (χ1n) is 6.46. The van der Waals surface area contributed by atoms with Crippen LogP contribution in [0.5, 0.6) is 0 Å². The number of piperidine rings is 1. The van der Waals surface area contributed by atoms with Gasteiger partial charge in [0.05, 0.1) is 4.92 Å². The average molecular weight is 332 g/mol. The molecule has 0 aromatic heterocycles. The van der Waals surface area contributed by atoms with Crippen LogP contribution in [0.3, 0.4) is 0 Å². The maximum absolute atomic E-state index is 12.3. The second kappa shape index (κ2) is 8.21. The number of hydrogen-bond acceptors (Lipinski definition) is 5. The predicted octanol–water partition coefficient (Wildman–Crippen LogP) is 2.22. The van der Waals surface area contributed by atoms with E-state index >= 15 is 0 Å². The molecule has 0 aliphatic carbocycles. The van der Waals surface area contributed by atoms with Gasteiger partial charge in [0.15, 0.2) is 0 Å². The Morgan fingerprint density at radius 3 is 2.86 bits per heavy atom. The van der Waals surface area contributed by atoms with E-state index in [0.717, 1.165) is 24.3 Å². The Hall–Kier alpha value is -1.31. The van der Waals surface area contributed by atoms with Crippen molar-refractivity contribution in [2.45, 2.75) is 23.8 Å². The smallest absolute Gasteiger partial charge is 0.282 e. The van der Waals surface area contributed by atoms with Crippen LogP contribution in [0.4, 0.5) is 5.69 Å². The number of rotatable bonds is 4. The number of amides is 1. The SMILES string of the molecule is CSc1ccc([N+](=O)[O-])c(C(=O)NC2CCCNC2)c1.Cl. The molecule has 0 spiro atoms. The van der Waals surface area contributed by atoms with E-state index in [4.69, 9.17) is 0 Å². The molecular formula is C13H18ClN3O3S.